The second kappa shape index (κ2) is 13.5. The number of aromatic nitrogens is 4. The second-order valence-corrected chi connectivity index (χ2v) is 9.93. The monoisotopic (exact) mass is 612 g/mol. The highest BCUT2D eigenvalue weighted by atomic mass is 35.5. The molecule has 0 saturated carbocycles. The van der Waals surface area contributed by atoms with Crippen molar-refractivity contribution in [2.24, 2.45) is 4.99 Å². The summed E-state index contributed by atoms with van der Waals surface area (Å²) < 4.78 is 29.5. The van der Waals surface area contributed by atoms with Gasteiger partial charge in [0, 0.05) is 11.6 Å². The minimum absolute atomic E-state index is 0.0264. The van der Waals surface area contributed by atoms with Crippen LogP contribution in [0.3, 0.4) is 0 Å². The summed E-state index contributed by atoms with van der Waals surface area (Å²) in [5.41, 5.74) is -0.327. The number of ether oxygens (including phenoxy) is 4. The summed E-state index contributed by atoms with van der Waals surface area (Å²) in [4.78, 5) is 43.0. The van der Waals surface area contributed by atoms with Gasteiger partial charge in [-0.3, -0.25) is 4.57 Å². The fourth-order valence-electron chi connectivity index (χ4n) is 4.32. The van der Waals surface area contributed by atoms with E-state index in [4.69, 9.17) is 36.2 Å². The van der Waals surface area contributed by atoms with Gasteiger partial charge < -0.3 is 29.3 Å². The summed E-state index contributed by atoms with van der Waals surface area (Å²) in [6.07, 6.45) is 2.34. The number of hydrogen-bond donors (Lipinski definition) is 1. The molecule has 1 saturated heterocycles. The molecule has 2 N–H and O–H groups in total. The maximum Gasteiger partial charge on any atom is 0.377 e. The molecule has 0 bridgehead atoms. The Morgan fingerprint density at radius 2 is 1.86 bits per heavy atom. The third kappa shape index (κ3) is 7.23. The predicted molar refractivity (Wildman–Crippen MR) is 153 cm³/mol. The Kier molecular flexibility index (Phi) is 9.39. The largest absolute Gasteiger partial charge is 0.463 e. The molecule has 0 spiro atoms. The Bertz CT molecular complexity index is 1750. The van der Waals surface area contributed by atoms with E-state index in [1.165, 1.54) is 17.7 Å². The minimum Gasteiger partial charge on any atom is -0.463 e. The fraction of sp³-hybridized carbons (Fsp3) is 0.321. The molecule has 2 aromatic heterocycles. The van der Waals surface area contributed by atoms with Crippen molar-refractivity contribution in [1.82, 2.24) is 19.0 Å². The Balaban J connectivity index is 1.45. The SMILES string of the molecule is COC(=O)c1cc(Oc2ccc(/N=c3\n(N)c(=O)n(CCOC4CCCCO4)c(=O)n3Cc3ccc(Cl)cc3)cc2)no1. The Morgan fingerprint density at radius 1 is 1.09 bits per heavy atom. The minimum atomic E-state index is -0.753. The van der Waals surface area contributed by atoms with Crippen molar-refractivity contribution in [2.45, 2.75) is 38.6 Å². The number of carbonyl (C=O) groups is 1. The van der Waals surface area contributed by atoms with Crippen LogP contribution in [0.15, 0.2) is 73.7 Å². The lowest BCUT2D eigenvalue weighted by molar-refractivity contribution is -0.163. The first-order valence-corrected chi connectivity index (χ1v) is 13.8. The average Bonchev–Trinajstić information content (AvgIpc) is 3.50. The van der Waals surface area contributed by atoms with Crippen molar-refractivity contribution in [3.05, 3.63) is 97.5 Å². The summed E-state index contributed by atoms with van der Waals surface area (Å²) >= 11 is 6.04. The molecule has 0 amide bonds. The zero-order valence-electron chi connectivity index (χ0n) is 23.2. The van der Waals surface area contributed by atoms with Crippen molar-refractivity contribution < 1.29 is 28.3 Å². The van der Waals surface area contributed by atoms with E-state index >= 15 is 0 Å². The van der Waals surface area contributed by atoms with Crippen molar-refractivity contribution in [3.8, 4) is 11.6 Å². The lowest BCUT2D eigenvalue weighted by atomic mass is 10.2. The van der Waals surface area contributed by atoms with Crippen LogP contribution >= 0.6 is 11.6 Å². The summed E-state index contributed by atoms with van der Waals surface area (Å²) in [7, 11) is 1.22. The average molecular weight is 613 g/mol. The highest BCUT2D eigenvalue weighted by Crippen LogP contribution is 2.24. The van der Waals surface area contributed by atoms with Gasteiger partial charge in [-0.2, -0.15) is 4.68 Å². The van der Waals surface area contributed by atoms with Crippen LogP contribution < -0.4 is 27.6 Å². The van der Waals surface area contributed by atoms with Gasteiger partial charge in [0.15, 0.2) is 6.29 Å². The smallest absolute Gasteiger partial charge is 0.377 e. The molecule has 2 aromatic carbocycles. The highest BCUT2D eigenvalue weighted by Gasteiger charge is 2.17. The zero-order chi connectivity index (χ0) is 30.3. The van der Waals surface area contributed by atoms with E-state index in [0.717, 1.165) is 34.1 Å². The van der Waals surface area contributed by atoms with Gasteiger partial charge in [0.2, 0.25) is 11.4 Å². The Morgan fingerprint density at radius 3 is 2.56 bits per heavy atom. The fourth-order valence-corrected chi connectivity index (χ4v) is 4.45. The lowest BCUT2D eigenvalue weighted by Gasteiger charge is -2.22. The second-order valence-electron chi connectivity index (χ2n) is 9.50. The summed E-state index contributed by atoms with van der Waals surface area (Å²) in [6, 6.07) is 14.6. The molecule has 3 heterocycles. The van der Waals surface area contributed by atoms with E-state index in [-0.39, 0.29) is 43.2 Å². The van der Waals surface area contributed by atoms with Gasteiger partial charge in [0.25, 0.3) is 5.88 Å². The lowest BCUT2D eigenvalue weighted by Crippen LogP contribution is -2.58. The highest BCUT2D eigenvalue weighted by molar-refractivity contribution is 6.30. The van der Waals surface area contributed by atoms with Crippen LogP contribution in [0.1, 0.15) is 35.4 Å². The van der Waals surface area contributed by atoms with Gasteiger partial charge in [-0.05, 0) is 66.4 Å². The molecular weight excluding hydrogens is 584 g/mol. The molecule has 1 fully saturated rings. The number of nitrogen functional groups attached to an aromatic ring is 1. The number of esters is 1. The number of nitrogens with two attached hydrogens (primary N) is 1. The van der Waals surface area contributed by atoms with Gasteiger partial charge in [-0.1, -0.05) is 23.7 Å². The molecule has 1 aliphatic heterocycles. The van der Waals surface area contributed by atoms with Crippen LogP contribution in [0.25, 0.3) is 0 Å². The van der Waals surface area contributed by atoms with Crippen LogP contribution in [-0.4, -0.2) is 51.5 Å². The van der Waals surface area contributed by atoms with Gasteiger partial charge in [-0.25, -0.2) is 23.9 Å². The van der Waals surface area contributed by atoms with Crippen LogP contribution in [-0.2, 0) is 27.3 Å². The van der Waals surface area contributed by atoms with Gasteiger partial charge in [-0.15, -0.1) is 0 Å². The molecule has 43 heavy (non-hydrogen) atoms. The first-order valence-electron chi connectivity index (χ1n) is 13.4. The molecule has 226 valence electrons. The first kappa shape index (κ1) is 29.8. The molecule has 0 aliphatic carbocycles. The van der Waals surface area contributed by atoms with Crippen molar-refractivity contribution in [1.29, 1.82) is 0 Å². The number of hydrogen-bond acceptors (Lipinski definition) is 11. The van der Waals surface area contributed by atoms with Crippen molar-refractivity contribution in [3.63, 3.8) is 0 Å². The van der Waals surface area contributed by atoms with E-state index in [1.807, 2.05) is 0 Å². The number of rotatable bonds is 10. The molecular formula is C28H29ClN6O8. The molecule has 5 rings (SSSR count). The number of carbonyl (C=O) groups excluding carboxylic acids is 1. The normalized spacial score (nSPS) is 15.4. The Labute approximate surface area is 249 Å². The van der Waals surface area contributed by atoms with Crippen LogP contribution in [0.4, 0.5) is 5.69 Å². The first-order chi connectivity index (χ1) is 20.8. The predicted octanol–water partition coefficient (Wildman–Crippen LogP) is 2.57. The van der Waals surface area contributed by atoms with E-state index in [2.05, 4.69) is 14.9 Å². The number of methoxy groups -OCH3 is 1. The van der Waals surface area contributed by atoms with E-state index in [9.17, 15) is 14.4 Å². The van der Waals surface area contributed by atoms with E-state index in [0.29, 0.717) is 23.1 Å². The molecule has 1 aliphatic rings. The van der Waals surface area contributed by atoms with Crippen LogP contribution in [0.5, 0.6) is 11.6 Å². The molecule has 14 nitrogen and oxygen atoms in total. The van der Waals surface area contributed by atoms with E-state index in [1.54, 1.807) is 48.5 Å². The van der Waals surface area contributed by atoms with Crippen molar-refractivity contribution in [2.75, 3.05) is 26.2 Å². The number of benzene rings is 2. The number of nitrogens with zero attached hydrogens (tertiary/aromatic N) is 5. The molecule has 4 aromatic rings. The summed E-state index contributed by atoms with van der Waals surface area (Å²) in [5, 5.41) is 4.21. The maximum atomic E-state index is 13.7. The molecule has 1 atom stereocenters. The zero-order valence-corrected chi connectivity index (χ0v) is 23.9. The van der Waals surface area contributed by atoms with Crippen LogP contribution in [0, 0.1) is 0 Å². The third-order valence-electron chi connectivity index (χ3n) is 6.53. The molecule has 15 heteroatoms. The van der Waals surface area contributed by atoms with Crippen molar-refractivity contribution >= 4 is 23.3 Å². The third-order valence-corrected chi connectivity index (χ3v) is 6.78. The van der Waals surface area contributed by atoms with Gasteiger partial charge in [0.1, 0.15) is 5.75 Å². The van der Waals surface area contributed by atoms with Crippen LogP contribution in [0.2, 0.25) is 5.02 Å². The summed E-state index contributed by atoms with van der Waals surface area (Å²) in [6.45, 7) is 0.739. The van der Waals surface area contributed by atoms with Gasteiger partial charge in [0.05, 0.1) is 38.6 Å². The quantitative estimate of drug-likeness (QED) is 0.208. The topological polar surface area (TPSA) is 167 Å². The maximum absolute atomic E-state index is 13.7. The molecule has 0 radical (unpaired) electrons. The number of halogens is 1. The molecule has 1 unspecified atom stereocenters. The summed E-state index contributed by atoms with van der Waals surface area (Å²) in [5.74, 6) is 5.83. The standard InChI is InChI=1S/C28H29ClN6O8/c1-39-25(36)22-16-23(32-43-22)42-21-11-9-20(10-12-21)31-26-34(17-18-5-7-19(29)8-6-18)27(37)33(28(38)35(26)30)13-15-41-24-4-2-3-14-40-24/h5-12,16,24H,2-4,13-15,17,30H2,1H3/b31-26-. The van der Waals surface area contributed by atoms with Gasteiger partial charge >= 0.3 is 17.3 Å². The Hall–Kier alpha value is -4.66. The van der Waals surface area contributed by atoms with E-state index < -0.39 is 17.3 Å².